The van der Waals surface area contributed by atoms with Crippen LogP contribution in [0.4, 0.5) is 11.9 Å². The van der Waals surface area contributed by atoms with Gasteiger partial charge in [0.05, 0.1) is 31.7 Å². The smallest absolute Gasteiger partial charge is 0.231 e. The Balaban J connectivity index is 1.78. The second kappa shape index (κ2) is 5.89. The molecule has 2 aliphatic rings. The van der Waals surface area contributed by atoms with E-state index in [-0.39, 0.29) is 0 Å². The van der Waals surface area contributed by atoms with Gasteiger partial charge in [-0.25, -0.2) is 0 Å². The molecule has 7 nitrogen and oxygen atoms in total. The molecule has 0 atom stereocenters. The average Bonchev–Trinajstić information content (AvgIpc) is 2.43. The van der Waals surface area contributed by atoms with Crippen molar-refractivity contribution < 1.29 is 9.47 Å². The maximum absolute atomic E-state index is 5.35. The largest absolute Gasteiger partial charge is 0.379 e. The molecule has 1 aromatic rings. The zero-order valence-corrected chi connectivity index (χ0v) is 11.7. The van der Waals surface area contributed by atoms with Crippen LogP contribution in [-0.2, 0) is 9.47 Å². The van der Waals surface area contributed by atoms with Crippen molar-refractivity contribution in [2.75, 3.05) is 56.8 Å². The topological polar surface area (TPSA) is 72.4 Å². The lowest BCUT2D eigenvalue weighted by atomic mass is 10.4. The maximum Gasteiger partial charge on any atom is 0.231 e. The summed E-state index contributed by atoms with van der Waals surface area (Å²) in [5.74, 6) is 1.34. The van der Waals surface area contributed by atoms with E-state index < -0.39 is 0 Å². The third kappa shape index (κ3) is 3.07. The number of anilines is 2. The first-order valence-corrected chi connectivity index (χ1v) is 7.24. The molecule has 104 valence electrons. The summed E-state index contributed by atoms with van der Waals surface area (Å²) in [6, 6.07) is 0. The molecule has 0 unspecified atom stereocenters. The van der Waals surface area contributed by atoms with Crippen molar-refractivity contribution in [2.24, 2.45) is 0 Å². The number of hydrogen-bond donors (Lipinski definition) is 1. The fourth-order valence-electron chi connectivity index (χ4n) is 1.85. The van der Waals surface area contributed by atoms with Crippen LogP contribution in [0.25, 0.3) is 0 Å². The summed E-state index contributed by atoms with van der Waals surface area (Å²) in [6.07, 6.45) is 0. The average molecular weight is 283 g/mol. The van der Waals surface area contributed by atoms with Crippen LogP contribution in [0, 0.1) is 0 Å². The van der Waals surface area contributed by atoms with Crippen LogP contribution in [0.2, 0.25) is 0 Å². The molecular formula is C11H17N5O2S. The van der Waals surface area contributed by atoms with Gasteiger partial charge in [0.2, 0.25) is 11.9 Å². The van der Waals surface area contributed by atoms with E-state index in [1.807, 2.05) is 7.05 Å². The van der Waals surface area contributed by atoms with Gasteiger partial charge in [0, 0.05) is 20.1 Å². The zero-order chi connectivity index (χ0) is 13.1. The summed E-state index contributed by atoms with van der Waals surface area (Å²) in [5.41, 5.74) is 0. The lowest BCUT2D eigenvalue weighted by Crippen LogP contribution is -2.37. The van der Waals surface area contributed by atoms with Crippen LogP contribution < -0.4 is 10.2 Å². The van der Waals surface area contributed by atoms with Crippen LogP contribution >= 0.6 is 11.8 Å². The molecule has 0 spiro atoms. The van der Waals surface area contributed by atoms with E-state index in [4.69, 9.17) is 9.47 Å². The Morgan fingerprint density at radius 1 is 1.16 bits per heavy atom. The Labute approximate surface area is 116 Å². The first kappa shape index (κ1) is 12.9. The van der Waals surface area contributed by atoms with Gasteiger partial charge in [0.1, 0.15) is 0 Å². The van der Waals surface area contributed by atoms with Crippen molar-refractivity contribution in [3.63, 3.8) is 0 Å². The van der Waals surface area contributed by atoms with Crippen molar-refractivity contribution in [2.45, 2.75) is 10.4 Å². The number of aromatic nitrogens is 3. The second-order valence-electron chi connectivity index (χ2n) is 4.37. The van der Waals surface area contributed by atoms with Gasteiger partial charge < -0.3 is 19.7 Å². The zero-order valence-electron chi connectivity index (χ0n) is 10.8. The van der Waals surface area contributed by atoms with E-state index >= 15 is 0 Å². The lowest BCUT2D eigenvalue weighted by molar-refractivity contribution is 0.0454. The van der Waals surface area contributed by atoms with Gasteiger partial charge in [-0.15, -0.1) is 0 Å². The number of morpholine rings is 1. The minimum Gasteiger partial charge on any atom is -0.379 e. The molecule has 0 aromatic carbocycles. The second-order valence-corrected chi connectivity index (χ2v) is 5.64. The maximum atomic E-state index is 5.35. The summed E-state index contributed by atoms with van der Waals surface area (Å²) in [5, 5.41) is 4.21. The highest BCUT2D eigenvalue weighted by molar-refractivity contribution is 7.99. The number of nitrogens with zero attached hydrogens (tertiary/aromatic N) is 4. The Hall–Kier alpha value is -1.12. The van der Waals surface area contributed by atoms with Crippen LogP contribution in [-0.4, -0.2) is 66.8 Å². The highest BCUT2D eigenvalue weighted by atomic mass is 32.2. The Bertz CT molecular complexity index is 437. The van der Waals surface area contributed by atoms with E-state index in [9.17, 15) is 0 Å². The SMILES string of the molecule is CNc1nc(SC2COC2)nc(N2CCOCC2)n1. The fourth-order valence-corrected chi connectivity index (χ4v) is 2.75. The molecule has 1 aromatic heterocycles. The quantitative estimate of drug-likeness (QED) is 0.842. The molecule has 19 heavy (non-hydrogen) atoms. The predicted octanol–water partition coefficient (Wildman–Crippen LogP) is 0.241. The highest BCUT2D eigenvalue weighted by Gasteiger charge is 2.23. The van der Waals surface area contributed by atoms with Crippen molar-refractivity contribution in [3.8, 4) is 0 Å². The molecule has 0 saturated carbocycles. The Kier molecular flexibility index (Phi) is 4.00. The van der Waals surface area contributed by atoms with Gasteiger partial charge in [-0.05, 0) is 0 Å². The van der Waals surface area contributed by atoms with Gasteiger partial charge in [0.15, 0.2) is 5.16 Å². The van der Waals surface area contributed by atoms with Crippen molar-refractivity contribution in [1.82, 2.24) is 15.0 Å². The molecule has 2 saturated heterocycles. The van der Waals surface area contributed by atoms with Crippen molar-refractivity contribution in [1.29, 1.82) is 0 Å². The Morgan fingerprint density at radius 3 is 2.58 bits per heavy atom. The normalized spacial score (nSPS) is 20.2. The first-order valence-electron chi connectivity index (χ1n) is 6.36. The molecule has 1 N–H and O–H groups in total. The third-order valence-corrected chi connectivity index (χ3v) is 4.00. The third-order valence-electron chi connectivity index (χ3n) is 3.00. The molecule has 0 bridgehead atoms. The van der Waals surface area contributed by atoms with Crippen LogP contribution in [0.5, 0.6) is 0 Å². The predicted molar refractivity (Wildman–Crippen MR) is 72.9 cm³/mol. The summed E-state index contributed by atoms with van der Waals surface area (Å²) >= 11 is 1.65. The van der Waals surface area contributed by atoms with Gasteiger partial charge in [-0.3, -0.25) is 0 Å². The minimum absolute atomic E-state index is 0.463. The fraction of sp³-hybridized carbons (Fsp3) is 0.727. The summed E-state index contributed by atoms with van der Waals surface area (Å²) in [7, 11) is 1.82. The van der Waals surface area contributed by atoms with Crippen LogP contribution in [0.3, 0.4) is 0 Å². The number of hydrogen-bond acceptors (Lipinski definition) is 8. The van der Waals surface area contributed by atoms with Gasteiger partial charge >= 0.3 is 0 Å². The van der Waals surface area contributed by atoms with Gasteiger partial charge in [-0.2, -0.15) is 15.0 Å². The molecule has 3 rings (SSSR count). The minimum atomic E-state index is 0.463. The number of ether oxygens (including phenoxy) is 2. The molecule has 0 amide bonds. The molecule has 8 heteroatoms. The molecule has 0 aliphatic carbocycles. The highest BCUT2D eigenvalue weighted by Crippen LogP contribution is 2.27. The van der Waals surface area contributed by atoms with Crippen molar-refractivity contribution >= 4 is 23.7 Å². The van der Waals surface area contributed by atoms with Crippen LogP contribution in [0.1, 0.15) is 0 Å². The van der Waals surface area contributed by atoms with Gasteiger partial charge in [-0.1, -0.05) is 11.8 Å². The van der Waals surface area contributed by atoms with E-state index in [2.05, 4.69) is 25.2 Å². The molecule has 0 radical (unpaired) electrons. The molecule has 3 heterocycles. The number of thioether (sulfide) groups is 1. The monoisotopic (exact) mass is 283 g/mol. The van der Waals surface area contributed by atoms with E-state index in [1.165, 1.54) is 0 Å². The standard InChI is InChI=1S/C11H17N5O2S/c1-12-9-13-10(16-2-4-17-5-3-16)15-11(14-9)19-8-6-18-7-8/h8H,2-7H2,1H3,(H,12,13,14,15). The van der Waals surface area contributed by atoms with Crippen molar-refractivity contribution in [3.05, 3.63) is 0 Å². The van der Waals surface area contributed by atoms with Crippen LogP contribution in [0.15, 0.2) is 5.16 Å². The summed E-state index contributed by atoms with van der Waals surface area (Å²) in [6.45, 7) is 4.64. The van der Waals surface area contributed by atoms with E-state index in [1.54, 1.807) is 11.8 Å². The van der Waals surface area contributed by atoms with E-state index in [0.717, 1.165) is 50.6 Å². The lowest BCUT2D eigenvalue weighted by Gasteiger charge is -2.28. The first-order chi connectivity index (χ1) is 9.35. The molecule has 2 aliphatic heterocycles. The van der Waals surface area contributed by atoms with E-state index in [0.29, 0.717) is 11.2 Å². The summed E-state index contributed by atoms with van der Waals surface area (Å²) < 4.78 is 10.5. The summed E-state index contributed by atoms with van der Waals surface area (Å²) in [4.78, 5) is 15.5. The molecule has 2 fully saturated rings. The van der Waals surface area contributed by atoms with Gasteiger partial charge in [0.25, 0.3) is 0 Å². The number of rotatable bonds is 4. The Morgan fingerprint density at radius 2 is 1.95 bits per heavy atom. The molecular weight excluding hydrogens is 266 g/mol. The number of nitrogens with one attached hydrogen (secondary N) is 1.